The number of nitrogen functional groups attached to an aromatic ring is 1. The number of nitrogens with two attached hydrogens (primary N) is 1. The molecule has 3 aromatic rings. The second-order valence-electron chi connectivity index (χ2n) is 6.47. The summed E-state index contributed by atoms with van der Waals surface area (Å²) in [5.41, 5.74) is 11.3. The van der Waals surface area contributed by atoms with Gasteiger partial charge in [-0.25, -0.2) is 0 Å². The maximum atomic E-state index is 12.8. The van der Waals surface area contributed by atoms with E-state index in [4.69, 9.17) is 11.0 Å². The molecule has 0 unspecified atom stereocenters. The van der Waals surface area contributed by atoms with Crippen molar-refractivity contribution in [1.82, 2.24) is 14.7 Å². The van der Waals surface area contributed by atoms with Gasteiger partial charge in [-0.05, 0) is 28.8 Å². The molecular formula is C20H17N5O. The molecule has 0 radical (unpaired) electrons. The smallest absolute Gasteiger partial charge is 0.256 e. The number of nitrogens with zero attached hydrogens (tertiary/aromatic N) is 4. The fourth-order valence-corrected chi connectivity index (χ4v) is 3.48. The van der Waals surface area contributed by atoms with Gasteiger partial charge in [-0.1, -0.05) is 24.8 Å². The number of benzene rings is 2. The molecule has 6 heteroatoms. The number of aromatic nitrogens is 2. The predicted molar refractivity (Wildman–Crippen MR) is 100 cm³/mol. The Hall–Kier alpha value is -3.59. The van der Waals surface area contributed by atoms with Crippen molar-refractivity contribution in [2.24, 2.45) is 7.05 Å². The second kappa shape index (κ2) is 5.74. The molecule has 1 aliphatic rings. The van der Waals surface area contributed by atoms with E-state index in [1.165, 1.54) is 0 Å². The highest BCUT2D eigenvalue weighted by Gasteiger charge is 2.32. The molecule has 2 N–H and O–H groups in total. The second-order valence-corrected chi connectivity index (χ2v) is 6.47. The van der Waals surface area contributed by atoms with Crippen LogP contribution >= 0.6 is 0 Å². The van der Waals surface area contributed by atoms with E-state index >= 15 is 0 Å². The molecule has 0 saturated heterocycles. The van der Waals surface area contributed by atoms with Crippen LogP contribution in [0, 0.1) is 11.3 Å². The minimum atomic E-state index is -0.155. The zero-order chi connectivity index (χ0) is 18.4. The largest absolute Gasteiger partial charge is 0.398 e. The van der Waals surface area contributed by atoms with Crippen molar-refractivity contribution in [2.45, 2.75) is 6.54 Å². The van der Waals surface area contributed by atoms with Gasteiger partial charge < -0.3 is 10.6 Å². The third-order valence-electron chi connectivity index (χ3n) is 4.80. The Balaban J connectivity index is 1.83. The van der Waals surface area contributed by atoms with Gasteiger partial charge in [0.2, 0.25) is 0 Å². The van der Waals surface area contributed by atoms with Gasteiger partial charge in [0.15, 0.2) is 0 Å². The molecule has 2 aromatic carbocycles. The van der Waals surface area contributed by atoms with Gasteiger partial charge in [0.1, 0.15) is 0 Å². The summed E-state index contributed by atoms with van der Waals surface area (Å²) in [7, 11) is 1.90. The van der Waals surface area contributed by atoms with Crippen molar-refractivity contribution in [2.75, 3.05) is 12.3 Å². The summed E-state index contributed by atoms with van der Waals surface area (Å²) in [6, 6.07) is 11.8. The molecule has 0 saturated carbocycles. The number of hydrogen-bond acceptors (Lipinski definition) is 4. The lowest BCUT2D eigenvalue weighted by molar-refractivity contribution is 0.0795. The van der Waals surface area contributed by atoms with Gasteiger partial charge in [-0.2, -0.15) is 10.4 Å². The minimum Gasteiger partial charge on any atom is -0.398 e. The van der Waals surface area contributed by atoms with Crippen LogP contribution in [0.4, 0.5) is 5.69 Å². The Morgan fingerprint density at radius 3 is 2.96 bits per heavy atom. The van der Waals surface area contributed by atoms with Crippen molar-refractivity contribution in [3.63, 3.8) is 0 Å². The number of carbonyl (C=O) groups is 1. The standard InChI is InChI=1S/C20H17N5O/c1-12(8-21)10-25-11-16-15(5-6-17(22)19(16)20(25)26)13-3-4-14-9-23-24(2)18(14)7-13/h3-7,9H,1,10-11,22H2,2H3. The SMILES string of the molecule is C=C(C#N)CN1Cc2c(-c3ccc4cnn(C)c4c3)ccc(N)c2C1=O. The fourth-order valence-electron chi connectivity index (χ4n) is 3.48. The lowest BCUT2D eigenvalue weighted by Gasteiger charge is -2.14. The first-order valence-electron chi connectivity index (χ1n) is 8.20. The third-order valence-corrected chi connectivity index (χ3v) is 4.80. The molecule has 6 nitrogen and oxygen atoms in total. The molecule has 0 spiro atoms. The Kier molecular flexibility index (Phi) is 3.51. The van der Waals surface area contributed by atoms with Crippen LogP contribution in [0.25, 0.3) is 22.0 Å². The Bertz CT molecular complexity index is 1120. The molecule has 128 valence electrons. The number of aryl methyl sites for hydroxylation is 1. The maximum Gasteiger partial charge on any atom is 0.256 e. The quantitative estimate of drug-likeness (QED) is 0.585. The van der Waals surface area contributed by atoms with Crippen LogP contribution in [-0.4, -0.2) is 27.1 Å². The normalized spacial score (nSPS) is 13.1. The van der Waals surface area contributed by atoms with E-state index in [-0.39, 0.29) is 12.5 Å². The molecule has 0 aliphatic carbocycles. The monoisotopic (exact) mass is 343 g/mol. The number of hydrogen-bond donors (Lipinski definition) is 1. The number of fused-ring (bicyclic) bond motifs is 2. The van der Waals surface area contributed by atoms with Gasteiger partial charge in [0, 0.05) is 30.2 Å². The van der Waals surface area contributed by atoms with Crippen LogP contribution < -0.4 is 5.73 Å². The first-order valence-corrected chi connectivity index (χ1v) is 8.20. The average molecular weight is 343 g/mol. The molecule has 1 aromatic heterocycles. The zero-order valence-corrected chi connectivity index (χ0v) is 14.4. The van der Waals surface area contributed by atoms with E-state index in [1.807, 2.05) is 42.2 Å². The van der Waals surface area contributed by atoms with Gasteiger partial charge >= 0.3 is 0 Å². The van der Waals surface area contributed by atoms with Crippen molar-refractivity contribution in [1.29, 1.82) is 5.26 Å². The Labute approximate surface area is 150 Å². The highest BCUT2D eigenvalue weighted by atomic mass is 16.2. The Morgan fingerprint density at radius 2 is 2.19 bits per heavy atom. The van der Waals surface area contributed by atoms with E-state index in [0.717, 1.165) is 27.6 Å². The van der Waals surface area contributed by atoms with Crippen molar-refractivity contribution < 1.29 is 4.79 Å². The lowest BCUT2D eigenvalue weighted by Crippen LogP contribution is -2.26. The van der Waals surface area contributed by atoms with E-state index in [1.54, 1.807) is 11.0 Å². The van der Waals surface area contributed by atoms with Gasteiger partial charge in [0.05, 0.1) is 29.9 Å². The first-order chi connectivity index (χ1) is 12.5. The molecule has 26 heavy (non-hydrogen) atoms. The molecule has 1 aliphatic heterocycles. The molecular weight excluding hydrogens is 326 g/mol. The van der Waals surface area contributed by atoms with Gasteiger partial charge in [0.25, 0.3) is 5.91 Å². The van der Waals surface area contributed by atoms with E-state index in [9.17, 15) is 4.79 Å². The molecule has 1 amide bonds. The van der Waals surface area contributed by atoms with Crippen LogP contribution in [0.15, 0.2) is 48.7 Å². The van der Waals surface area contributed by atoms with E-state index in [2.05, 4.69) is 17.7 Å². The molecule has 2 heterocycles. The highest BCUT2D eigenvalue weighted by Crippen LogP contribution is 2.37. The van der Waals surface area contributed by atoms with Crippen LogP contribution in [0.3, 0.4) is 0 Å². The summed E-state index contributed by atoms with van der Waals surface area (Å²) >= 11 is 0. The summed E-state index contributed by atoms with van der Waals surface area (Å²) < 4.78 is 1.82. The van der Waals surface area contributed by atoms with Crippen molar-refractivity contribution >= 4 is 22.5 Å². The van der Waals surface area contributed by atoms with Crippen LogP contribution in [0.5, 0.6) is 0 Å². The predicted octanol–water partition coefficient (Wildman–Crippen LogP) is 2.86. The topological polar surface area (TPSA) is 87.9 Å². The lowest BCUT2D eigenvalue weighted by atomic mass is 9.95. The molecule has 0 bridgehead atoms. The third kappa shape index (κ3) is 2.33. The van der Waals surface area contributed by atoms with Crippen LogP contribution in [-0.2, 0) is 13.6 Å². The Morgan fingerprint density at radius 1 is 1.38 bits per heavy atom. The van der Waals surface area contributed by atoms with E-state index < -0.39 is 0 Å². The number of carbonyl (C=O) groups excluding carboxylic acids is 1. The molecule has 4 rings (SSSR count). The zero-order valence-electron chi connectivity index (χ0n) is 14.4. The summed E-state index contributed by atoms with van der Waals surface area (Å²) in [6.45, 7) is 4.31. The number of amides is 1. The maximum absolute atomic E-state index is 12.8. The van der Waals surface area contributed by atoms with E-state index in [0.29, 0.717) is 23.4 Å². The molecule has 0 fully saturated rings. The fraction of sp³-hybridized carbons (Fsp3) is 0.150. The van der Waals surface area contributed by atoms with Gasteiger partial charge in [-0.15, -0.1) is 0 Å². The summed E-state index contributed by atoms with van der Waals surface area (Å²) in [4.78, 5) is 14.4. The molecule has 0 atom stereocenters. The summed E-state index contributed by atoms with van der Waals surface area (Å²) in [6.07, 6.45) is 1.82. The summed E-state index contributed by atoms with van der Waals surface area (Å²) in [5, 5.41) is 14.3. The van der Waals surface area contributed by atoms with Crippen LogP contribution in [0.2, 0.25) is 0 Å². The number of rotatable bonds is 3. The average Bonchev–Trinajstić information content (AvgIpc) is 3.16. The number of nitriles is 1. The summed E-state index contributed by atoms with van der Waals surface area (Å²) in [5.74, 6) is -0.155. The van der Waals surface area contributed by atoms with Crippen LogP contribution in [0.1, 0.15) is 15.9 Å². The minimum absolute atomic E-state index is 0.155. The first kappa shape index (κ1) is 15.9. The highest BCUT2D eigenvalue weighted by molar-refractivity contribution is 6.05. The van der Waals surface area contributed by atoms with Gasteiger partial charge in [-0.3, -0.25) is 9.48 Å². The van der Waals surface area contributed by atoms with Crippen molar-refractivity contribution in [3.8, 4) is 17.2 Å². The number of anilines is 1. The van der Waals surface area contributed by atoms with Crippen molar-refractivity contribution in [3.05, 3.63) is 59.8 Å².